The van der Waals surface area contributed by atoms with Crippen molar-refractivity contribution in [1.82, 2.24) is 9.55 Å². The van der Waals surface area contributed by atoms with E-state index >= 15 is 0 Å². The van der Waals surface area contributed by atoms with Crippen molar-refractivity contribution in [3.8, 4) is 10.7 Å². The average molecular weight is 339 g/mol. The normalized spacial score (nSPS) is 10.8. The molecular formula is C19H21N3OS. The van der Waals surface area contributed by atoms with E-state index in [0.717, 1.165) is 35.0 Å². The van der Waals surface area contributed by atoms with E-state index in [1.165, 1.54) is 16.9 Å². The van der Waals surface area contributed by atoms with Crippen LogP contribution in [0.2, 0.25) is 0 Å². The smallest absolute Gasteiger partial charge is 0.267 e. The van der Waals surface area contributed by atoms with Crippen LogP contribution in [-0.2, 0) is 13.0 Å². The fraction of sp³-hybridized carbons (Fsp3) is 0.263. The van der Waals surface area contributed by atoms with Gasteiger partial charge in [0.1, 0.15) is 9.88 Å². The van der Waals surface area contributed by atoms with Crippen LogP contribution >= 0.6 is 11.3 Å². The van der Waals surface area contributed by atoms with Crippen LogP contribution in [0.25, 0.3) is 10.7 Å². The number of thiazole rings is 1. The second kappa shape index (κ2) is 7.01. The first-order valence-corrected chi connectivity index (χ1v) is 8.97. The van der Waals surface area contributed by atoms with Crippen molar-refractivity contribution in [1.29, 1.82) is 0 Å². The Morgan fingerprint density at radius 3 is 2.83 bits per heavy atom. The molecule has 1 amide bonds. The van der Waals surface area contributed by atoms with Gasteiger partial charge in [0, 0.05) is 18.4 Å². The first-order valence-electron chi connectivity index (χ1n) is 8.15. The summed E-state index contributed by atoms with van der Waals surface area (Å²) >= 11 is 1.44. The molecule has 2 aromatic heterocycles. The SMILES string of the molecule is CCc1cccc(NC(=O)c2sc(-c3cccn3CC)nc2C)c1. The van der Waals surface area contributed by atoms with Gasteiger partial charge in [0.05, 0.1) is 11.4 Å². The number of carbonyl (C=O) groups excluding carboxylic acids is 1. The molecule has 0 spiro atoms. The molecule has 24 heavy (non-hydrogen) atoms. The molecular weight excluding hydrogens is 318 g/mol. The zero-order valence-corrected chi connectivity index (χ0v) is 15.0. The molecule has 0 saturated heterocycles. The highest BCUT2D eigenvalue weighted by Crippen LogP contribution is 2.29. The van der Waals surface area contributed by atoms with Crippen molar-refractivity contribution >= 4 is 22.9 Å². The molecule has 0 atom stereocenters. The number of anilines is 1. The lowest BCUT2D eigenvalue weighted by molar-refractivity contribution is 0.103. The Labute approximate surface area is 146 Å². The molecule has 3 rings (SSSR count). The molecule has 2 heterocycles. The Bertz CT molecular complexity index is 863. The Hall–Kier alpha value is -2.40. The summed E-state index contributed by atoms with van der Waals surface area (Å²) in [6, 6.07) is 12.0. The Kier molecular flexibility index (Phi) is 4.81. The Balaban J connectivity index is 1.85. The van der Waals surface area contributed by atoms with Gasteiger partial charge in [-0.05, 0) is 50.1 Å². The van der Waals surface area contributed by atoms with Crippen molar-refractivity contribution in [2.75, 3.05) is 5.32 Å². The van der Waals surface area contributed by atoms with Gasteiger partial charge in [-0.25, -0.2) is 4.98 Å². The van der Waals surface area contributed by atoms with Gasteiger partial charge >= 0.3 is 0 Å². The second-order valence-corrected chi connectivity index (χ2v) is 6.62. The van der Waals surface area contributed by atoms with E-state index < -0.39 is 0 Å². The first kappa shape index (κ1) is 16.5. The summed E-state index contributed by atoms with van der Waals surface area (Å²) < 4.78 is 2.13. The summed E-state index contributed by atoms with van der Waals surface area (Å²) in [5.41, 5.74) is 3.85. The Morgan fingerprint density at radius 2 is 2.08 bits per heavy atom. The molecule has 0 aliphatic heterocycles. The zero-order valence-electron chi connectivity index (χ0n) is 14.2. The number of hydrogen-bond donors (Lipinski definition) is 1. The van der Waals surface area contributed by atoms with E-state index in [0.29, 0.717) is 4.88 Å². The number of hydrogen-bond acceptors (Lipinski definition) is 3. The number of amides is 1. The largest absolute Gasteiger partial charge is 0.346 e. The maximum Gasteiger partial charge on any atom is 0.267 e. The number of aromatic nitrogens is 2. The molecule has 0 aliphatic carbocycles. The first-order chi connectivity index (χ1) is 11.6. The second-order valence-electron chi connectivity index (χ2n) is 5.62. The van der Waals surface area contributed by atoms with Gasteiger partial charge in [0.2, 0.25) is 0 Å². The van der Waals surface area contributed by atoms with Crippen molar-refractivity contribution in [2.24, 2.45) is 0 Å². The van der Waals surface area contributed by atoms with E-state index in [1.54, 1.807) is 0 Å². The fourth-order valence-electron chi connectivity index (χ4n) is 2.66. The van der Waals surface area contributed by atoms with Gasteiger partial charge in [-0.1, -0.05) is 19.1 Å². The van der Waals surface area contributed by atoms with Gasteiger partial charge in [0.25, 0.3) is 5.91 Å². The molecule has 5 heteroatoms. The summed E-state index contributed by atoms with van der Waals surface area (Å²) in [6.07, 6.45) is 2.98. The highest BCUT2D eigenvalue weighted by atomic mass is 32.1. The van der Waals surface area contributed by atoms with E-state index in [-0.39, 0.29) is 5.91 Å². The van der Waals surface area contributed by atoms with Crippen LogP contribution in [0.3, 0.4) is 0 Å². The van der Waals surface area contributed by atoms with E-state index in [4.69, 9.17) is 0 Å². The van der Waals surface area contributed by atoms with Crippen LogP contribution in [-0.4, -0.2) is 15.5 Å². The molecule has 0 fully saturated rings. The average Bonchev–Trinajstić information content (AvgIpc) is 3.20. The molecule has 4 nitrogen and oxygen atoms in total. The van der Waals surface area contributed by atoms with Crippen molar-refractivity contribution in [3.63, 3.8) is 0 Å². The van der Waals surface area contributed by atoms with Crippen molar-refractivity contribution in [2.45, 2.75) is 33.7 Å². The third kappa shape index (κ3) is 3.26. The minimum Gasteiger partial charge on any atom is -0.346 e. The topological polar surface area (TPSA) is 46.9 Å². The number of benzene rings is 1. The van der Waals surface area contributed by atoms with Gasteiger partial charge in [-0.15, -0.1) is 11.3 Å². The zero-order chi connectivity index (χ0) is 17.1. The van der Waals surface area contributed by atoms with Crippen LogP contribution in [0, 0.1) is 6.92 Å². The van der Waals surface area contributed by atoms with Crippen LogP contribution in [0.5, 0.6) is 0 Å². The molecule has 124 valence electrons. The Morgan fingerprint density at radius 1 is 1.25 bits per heavy atom. The summed E-state index contributed by atoms with van der Waals surface area (Å²) in [7, 11) is 0. The standard InChI is InChI=1S/C19H21N3OS/c1-4-14-8-6-9-15(12-14)21-18(23)17-13(3)20-19(24-17)16-10-7-11-22(16)5-2/h6-12H,4-5H2,1-3H3,(H,21,23). The fourth-order valence-corrected chi connectivity index (χ4v) is 3.66. The monoisotopic (exact) mass is 339 g/mol. The lowest BCUT2D eigenvalue weighted by Gasteiger charge is -2.05. The molecule has 1 N–H and O–H groups in total. The molecule has 0 radical (unpaired) electrons. The van der Waals surface area contributed by atoms with Crippen LogP contribution in [0.15, 0.2) is 42.6 Å². The van der Waals surface area contributed by atoms with Crippen molar-refractivity contribution < 1.29 is 4.79 Å². The molecule has 1 aromatic carbocycles. The van der Waals surface area contributed by atoms with E-state index in [1.807, 2.05) is 43.5 Å². The maximum absolute atomic E-state index is 12.6. The summed E-state index contributed by atoms with van der Waals surface area (Å²) in [5.74, 6) is -0.0980. The minimum absolute atomic E-state index is 0.0980. The number of nitrogens with zero attached hydrogens (tertiary/aromatic N) is 2. The van der Waals surface area contributed by atoms with Gasteiger partial charge in [-0.2, -0.15) is 0 Å². The lowest BCUT2D eigenvalue weighted by Crippen LogP contribution is -2.11. The van der Waals surface area contributed by atoms with E-state index in [2.05, 4.69) is 34.8 Å². The predicted molar refractivity (Wildman–Crippen MR) is 99.7 cm³/mol. The van der Waals surface area contributed by atoms with E-state index in [9.17, 15) is 4.79 Å². The number of nitrogens with one attached hydrogen (secondary N) is 1. The summed E-state index contributed by atoms with van der Waals surface area (Å²) in [4.78, 5) is 17.9. The third-order valence-corrected chi connectivity index (χ3v) is 5.16. The molecule has 0 aliphatic rings. The summed E-state index contributed by atoms with van der Waals surface area (Å²) in [6.45, 7) is 6.96. The lowest BCUT2D eigenvalue weighted by atomic mass is 10.1. The van der Waals surface area contributed by atoms with Gasteiger partial charge < -0.3 is 9.88 Å². The van der Waals surface area contributed by atoms with Gasteiger partial charge in [0.15, 0.2) is 0 Å². The predicted octanol–water partition coefficient (Wildman–Crippen LogP) is 4.75. The van der Waals surface area contributed by atoms with Crippen molar-refractivity contribution in [3.05, 3.63) is 58.7 Å². The molecule has 0 saturated carbocycles. The summed E-state index contributed by atoms with van der Waals surface area (Å²) in [5, 5.41) is 3.87. The minimum atomic E-state index is -0.0980. The maximum atomic E-state index is 12.6. The number of carbonyl (C=O) groups is 1. The molecule has 3 aromatic rings. The van der Waals surface area contributed by atoms with Gasteiger partial charge in [-0.3, -0.25) is 4.79 Å². The molecule has 0 unspecified atom stereocenters. The molecule has 0 bridgehead atoms. The van der Waals surface area contributed by atoms with Crippen LogP contribution in [0.4, 0.5) is 5.69 Å². The number of rotatable bonds is 5. The highest BCUT2D eigenvalue weighted by molar-refractivity contribution is 7.17. The number of aryl methyl sites for hydroxylation is 3. The highest BCUT2D eigenvalue weighted by Gasteiger charge is 2.17. The van der Waals surface area contributed by atoms with Crippen LogP contribution in [0.1, 0.15) is 34.8 Å². The van der Waals surface area contributed by atoms with Crippen LogP contribution < -0.4 is 5.32 Å². The third-order valence-electron chi connectivity index (χ3n) is 3.99. The quantitative estimate of drug-likeness (QED) is 0.729.